The Hall–Kier alpha value is -3.72. The first-order valence-corrected chi connectivity index (χ1v) is 11.3. The van der Waals surface area contributed by atoms with Crippen LogP contribution in [0.1, 0.15) is 34.6 Å². The molecule has 1 saturated heterocycles. The van der Waals surface area contributed by atoms with Crippen LogP contribution in [0.2, 0.25) is 0 Å². The van der Waals surface area contributed by atoms with Crippen LogP contribution in [-0.4, -0.2) is 14.7 Å². The number of aryl methyl sites for hydroxylation is 1. The maximum absolute atomic E-state index is 14.0. The summed E-state index contributed by atoms with van der Waals surface area (Å²) in [5.74, 6) is -0.336. The molecule has 0 radical (unpaired) electrons. The molecule has 0 aliphatic carbocycles. The van der Waals surface area contributed by atoms with Crippen LogP contribution in [0.4, 0.5) is 23.2 Å². The monoisotopic (exact) mass is 496 g/mol. The van der Waals surface area contributed by atoms with E-state index in [9.17, 15) is 17.6 Å². The molecule has 9 heteroatoms. The van der Waals surface area contributed by atoms with Crippen molar-refractivity contribution in [3.8, 4) is 5.69 Å². The number of anilines is 1. The molecular formula is C26H20F4N4S. The van der Waals surface area contributed by atoms with Crippen molar-refractivity contribution in [2.24, 2.45) is 0 Å². The van der Waals surface area contributed by atoms with Gasteiger partial charge < -0.3 is 14.8 Å². The van der Waals surface area contributed by atoms with Crippen molar-refractivity contribution in [1.82, 2.24) is 14.9 Å². The van der Waals surface area contributed by atoms with E-state index >= 15 is 0 Å². The molecular weight excluding hydrogens is 476 g/mol. The SMILES string of the molecule is Cc1cc(N2C(=S)NC(c3ccccn3)C2c2cccn2-c2cccc(C(F)(F)F)c2)ccc1F. The average molecular weight is 497 g/mol. The quantitative estimate of drug-likeness (QED) is 0.258. The molecule has 5 rings (SSSR count). The molecule has 178 valence electrons. The Kier molecular flexibility index (Phi) is 5.80. The van der Waals surface area contributed by atoms with E-state index in [0.717, 1.165) is 17.8 Å². The Morgan fingerprint density at radius 2 is 1.77 bits per heavy atom. The summed E-state index contributed by atoms with van der Waals surface area (Å²) in [6, 6.07) is 18.2. The number of halogens is 4. The molecule has 2 atom stereocenters. The molecule has 2 aromatic heterocycles. The summed E-state index contributed by atoms with van der Waals surface area (Å²) in [5.41, 5.74) is 2.18. The minimum absolute atomic E-state index is 0.336. The number of alkyl halides is 3. The van der Waals surface area contributed by atoms with Gasteiger partial charge in [0.2, 0.25) is 0 Å². The van der Waals surface area contributed by atoms with Gasteiger partial charge in [0.25, 0.3) is 0 Å². The van der Waals surface area contributed by atoms with Crippen LogP contribution in [0.3, 0.4) is 0 Å². The number of hydrogen-bond acceptors (Lipinski definition) is 2. The van der Waals surface area contributed by atoms with Gasteiger partial charge in [0.05, 0.1) is 17.3 Å². The van der Waals surface area contributed by atoms with Crippen LogP contribution in [0.25, 0.3) is 5.69 Å². The van der Waals surface area contributed by atoms with Crippen molar-refractivity contribution in [3.63, 3.8) is 0 Å². The third-order valence-corrected chi connectivity index (χ3v) is 6.37. The zero-order valence-corrected chi connectivity index (χ0v) is 19.3. The highest BCUT2D eigenvalue weighted by Gasteiger charge is 2.42. The third kappa shape index (κ3) is 4.27. The second kappa shape index (κ2) is 8.81. The average Bonchev–Trinajstić information content (AvgIpc) is 3.45. The van der Waals surface area contributed by atoms with Gasteiger partial charge in [-0.3, -0.25) is 4.98 Å². The number of nitrogens with one attached hydrogen (secondary N) is 1. The lowest BCUT2D eigenvalue weighted by Crippen LogP contribution is -2.30. The molecule has 35 heavy (non-hydrogen) atoms. The molecule has 4 nitrogen and oxygen atoms in total. The van der Waals surface area contributed by atoms with Crippen LogP contribution < -0.4 is 10.2 Å². The zero-order valence-electron chi connectivity index (χ0n) is 18.5. The fourth-order valence-electron chi connectivity index (χ4n) is 4.41. The molecule has 2 unspecified atom stereocenters. The van der Waals surface area contributed by atoms with Gasteiger partial charge in [-0.15, -0.1) is 0 Å². The molecule has 0 amide bonds. The molecule has 4 aromatic rings. The number of hydrogen-bond donors (Lipinski definition) is 1. The van der Waals surface area contributed by atoms with Gasteiger partial charge in [0.1, 0.15) is 11.9 Å². The Morgan fingerprint density at radius 3 is 2.49 bits per heavy atom. The third-order valence-electron chi connectivity index (χ3n) is 6.05. The Morgan fingerprint density at radius 1 is 0.943 bits per heavy atom. The summed E-state index contributed by atoms with van der Waals surface area (Å²) in [4.78, 5) is 6.36. The fourth-order valence-corrected chi connectivity index (χ4v) is 4.76. The molecule has 1 N–H and O–H groups in total. The van der Waals surface area contributed by atoms with E-state index in [0.29, 0.717) is 27.7 Å². The van der Waals surface area contributed by atoms with Crippen LogP contribution in [0, 0.1) is 12.7 Å². The first kappa shape index (κ1) is 23.0. The maximum Gasteiger partial charge on any atom is 0.416 e. The number of nitrogens with zero attached hydrogens (tertiary/aromatic N) is 3. The van der Waals surface area contributed by atoms with Gasteiger partial charge in [0.15, 0.2) is 5.11 Å². The van der Waals surface area contributed by atoms with E-state index in [4.69, 9.17) is 12.2 Å². The normalized spacial score (nSPS) is 18.1. The summed E-state index contributed by atoms with van der Waals surface area (Å²) in [5, 5.41) is 3.72. The number of pyridine rings is 1. The Balaban J connectivity index is 1.67. The van der Waals surface area contributed by atoms with E-state index in [1.54, 1.807) is 54.2 Å². The highest BCUT2D eigenvalue weighted by molar-refractivity contribution is 7.80. The highest BCUT2D eigenvalue weighted by Crippen LogP contribution is 2.42. The van der Waals surface area contributed by atoms with Gasteiger partial charge in [-0.05, 0) is 85.4 Å². The largest absolute Gasteiger partial charge is 0.416 e. The summed E-state index contributed by atoms with van der Waals surface area (Å²) >= 11 is 5.69. The van der Waals surface area contributed by atoms with Gasteiger partial charge in [-0.25, -0.2) is 4.39 Å². The van der Waals surface area contributed by atoms with Gasteiger partial charge in [-0.2, -0.15) is 13.2 Å². The molecule has 0 spiro atoms. The predicted molar refractivity (Wildman–Crippen MR) is 130 cm³/mol. The summed E-state index contributed by atoms with van der Waals surface area (Å²) in [7, 11) is 0. The van der Waals surface area contributed by atoms with E-state index in [1.165, 1.54) is 12.1 Å². The molecule has 0 saturated carbocycles. The van der Waals surface area contributed by atoms with Crippen LogP contribution in [0.15, 0.2) is 85.2 Å². The minimum Gasteiger partial charge on any atom is -0.351 e. The Bertz CT molecular complexity index is 1380. The number of benzene rings is 2. The maximum atomic E-state index is 14.0. The predicted octanol–water partition coefficient (Wildman–Crippen LogP) is 6.52. The molecule has 2 aromatic carbocycles. The van der Waals surface area contributed by atoms with Crippen molar-refractivity contribution in [3.05, 3.63) is 114 Å². The standard InChI is InChI=1S/C26H20F4N4S/c1-16-14-19(10-11-20(16)27)34-24(23(32-25(34)35)21-8-2-3-12-31-21)22-9-5-13-33(22)18-7-4-6-17(15-18)26(28,29)30/h2-15,23-24H,1H3,(H,32,35). The summed E-state index contributed by atoms with van der Waals surface area (Å²) in [6.45, 7) is 1.67. The lowest BCUT2D eigenvalue weighted by atomic mass is 10.0. The van der Waals surface area contributed by atoms with E-state index < -0.39 is 23.8 Å². The van der Waals surface area contributed by atoms with E-state index in [1.807, 2.05) is 23.1 Å². The number of rotatable bonds is 4. The Labute approximate surface area is 204 Å². The highest BCUT2D eigenvalue weighted by atomic mass is 32.1. The first-order valence-electron chi connectivity index (χ1n) is 10.9. The lowest BCUT2D eigenvalue weighted by molar-refractivity contribution is -0.137. The number of aromatic nitrogens is 2. The second-order valence-electron chi connectivity index (χ2n) is 8.28. The van der Waals surface area contributed by atoms with Crippen molar-refractivity contribution in [2.75, 3.05) is 4.90 Å². The van der Waals surface area contributed by atoms with Crippen molar-refractivity contribution < 1.29 is 17.6 Å². The van der Waals surface area contributed by atoms with Gasteiger partial charge >= 0.3 is 6.18 Å². The lowest BCUT2D eigenvalue weighted by Gasteiger charge is -2.29. The summed E-state index contributed by atoms with van der Waals surface area (Å²) < 4.78 is 56.0. The van der Waals surface area contributed by atoms with Crippen LogP contribution in [-0.2, 0) is 6.18 Å². The molecule has 3 heterocycles. The molecule has 0 bridgehead atoms. The van der Waals surface area contributed by atoms with Crippen LogP contribution >= 0.6 is 12.2 Å². The topological polar surface area (TPSA) is 33.1 Å². The van der Waals surface area contributed by atoms with Crippen LogP contribution in [0.5, 0.6) is 0 Å². The van der Waals surface area contributed by atoms with E-state index in [-0.39, 0.29) is 5.82 Å². The van der Waals surface area contributed by atoms with Crippen molar-refractivity contribution in [1.29, 1.82) is 0 Å². The minimum atomic E-state index is -4.46. The smallest absolute Gasteiger partial charge is 0.351 e. The first-order chi connectivity index (χ1) is 16.7. The fraction of sp³-hybridized carbons (Fsp3) is 0.154. The van der Waals surface area contributed by atoms with E-state index in [2.05, 4.69) is 10.3 Å². The summed E-state index contributed by atoms with van der Waals surface area (Å²) in [6.07, 6.45) is -1.07. The molecule has 1 aliphatic rings. The van der Waals surface area contributed by atoms with Crippen molar-refractivity contribution in [2.45, 2.75) is 25.2 Å². The zero-order chi connectivity index (χ0) is 24.7. The van der Waals surface area contributed by atoms with Gasteiger partial charge in [0, 0.05) is 29.5 Å². The van der Waals surface area contributed by atoms with Gasteiger partial charge in [-0.1, -0.05) is 12.1 Å². The molecule has 1 aliphatic heterocycles. The van der Waals surface area contributed by atoms with Crippen molar-refractivity contribution >= 4 is 23.0 Å². The number of thiocarbonyl (C=S) groups is 1. The second-order valence-corrected chi connectivity index (χ2v) is 8.67. The molecule has 1 fully saturated rings.